The molecule has 0 aliphatic heterocycles. The Morgan fingerprint density at radius 3 is 2.38 bits per heavy atom. The van der Waals surface area contributed by atoms with E-state index in [0.29, 0.717) is 22.9 Å². The van der Waals surface area contributed by atoms with Crippen LogP contribution >= 0.6 is 0 Å². The Morgan fingerprint density at radius 1 is 1.25 bits per heavy atom. The number of nitrogens with zero attached hydrogens (tertiary/aromatic N) is 2. The number of rotatable bonds is 3. The Labute approximate surface area is 97.3 Å². The van der Waals surface area contributed by atoms with Crippen LogP contribution in [0.4, 0.5) is 5.95 Å². The van der Waals surface area contributed by atoms with Crippen LogP contribution in [-0.4, -0.2) is 15.6 Å². The van der Waals surface area contributed by atoms with E-state index in [1.807, 2.05) is 6.20 Å². The lowest BCUT2D eigenvalue weighted by atomic mass is 10.0. The fourth-order valence-electron chi connectivity index (χ4n) is 2.76. The van der Waals surface area contributed by atoms with E-state index < -0.39 is 0 Å². The van der Waals surface area contributed by atoms with E-state index in [1.54, 1.807) is 0 Å². The summed E-state index contributed by atoms with van der Waals surface area (Å²) in [4.78, 5) is 4.44. The van der Waals surface area contributed by atoms with Gasteiger partial charge in [0.15, 0.2) is 0 Å². The summed E-state index contributed by atoms with van der Waals surface area (Å²) in [5.41, 5.74) is 0.737. The Balaban J connectivity index is 1.78. The maximum absolute atomic E-state index is 4.44. The fraction of sp³-hybridized carbons (Fsp3) is 0.769. The van der Waals surface area contributed by atoms with Crippen molar-refractivity contribution in [1.82, 2.24) is 9.55 Å². The van der Waals surface area contributed by atoms with Crippen LogP contribution in [0.1, 0.15) is 46.6 Å². The molecule has 3 rings (SSSR count). The number of hydrogen-bond donors (Lipinski definition) is 1. The molecule has 0 bridgehead atoms. The van der Waals surface area contributed by atoms with E-state index >= 15 is 0 Å². The van der Waals surface area contributed by atoms with Gasteiger partial charge in [-0.3, -0.25) is 0 Å². The molecule has 2 aliphatic carbocycles. The van der Waals surface area contributed by atoms with Gasteiger partial charge in [0.25, 0.3) is 0 Å². The molecule has 0 radical (unpaired) electrons. The zero-order valence-electron chi connectivity index (χ0n) is 10.6. The van der Waals surface area contributed by atoms with Gasteiger partial charge < -0.3 is 9.88 Å². The van der Waals surface area contributed by atoms with Crippen LogP contribution in [-0.2, 0) is 0 Å². The van der Waals surface area contributed by atoms with E-state index in [1.165, 1.54) is 12.8 Å². The van der Waals surface area contributed by atoms with Crippen molar-refractivity contribution in [2.75, 3.05) is 5.32 Å². The third-order valence-corrected chi connectivity index (χ3v) is 4.90. The molecule has 0 aromatic carbocycles. The highest BCUT2D eigenvalue weighted by molar-refractivity contribution is 5.38. The quantitative estimate of drug-likeness (QED) is 0.846. The second-order valence-corrected chi connectivity index (χ2v) is 6.41. The third kappa shape index (κ3) is 1.23. The van der Waals surface area contributed by atoms with Crippen molar-refractivity contribution in [2.45, 2.75) is 52.6 Å². The predicted octanol–water partition coefficient (Wildman–Crippen LogP) is 3.06. The van der Waals surface area contributed by atoms with Gasteiger partial charge in [-0.2, -0.15) is 0 Å². The van der Waals surface area contributed by atoms with Gasteiger partial charge in [-0.25, -0.2) is 4.98 Å². The molecule has 1 heterocycles. The fourth-order valence-corrected chi connectivity index (χ4v) is 2.76. The van der Waals surface area contributed by atoms with Crippen LogP contribution in [0, 0.1) is 10.8 Å². The molecule has 2 aliphatic rings. The Kier molecular flexibility index (Phi) is 1.79. The van der Waals surface area contributed by atoms with Gasteiger partial charge in [-0.15, -0.1) is 0 Å². The number of nitrogens with one attached hydrogen (secondary N) is 1. The van der Waals surface area contributed by atoms with Crippen LogP contribution in [0.25, 0.3) is 0 Å². The molecule has 0 unspecified atom stereocenters. The minimum absolute atomic E-state index is 0.368. The van der Waals surface area contributed by atoms with Crippen LogP contribution < -0.4 is 5.32 Å². The van der Waals surface area contributed by atoms with Crippen LogP contribution in [0.2, 0.25) is 0 Å². The van der Waals surface area contributed by atoms with Gasteiger partial charge in [0.1, 0.15) is 0 Å². The Bertz CT molecular complexity index is 399. The molecule has 1 aromatic heterocycles. The smallest absolute Gasteiger partial charge is 0.203 e. The van der Waals surface area contributed by atoms with Crippen LogP contribution in [0.15, 0.2) is 12.4 Å². The Morgan fingerprint density at radius 2 is 1.88 bits per heavy atom. The monoisotopic (exact) mass is 219 g/mol. The minimum Gasteiger partial charge on any atom is -0.352 e. The van der Waals surface area contributed by atoms with Gasteiger partial charge in [0.05, 0.1) is 0 Å². The number of aromatic nitrogens is 2. The molecular formula is C13H21N3. The van der Waals surface area contributed by atoms with Gasteiger partial charge in [0.2, 0.25) is 5.95 Å². The van der Waals surface area contributed by atoms with Crippen molar-refractivity contribution in [3.05, 3.63) is 12.4 Å². The molecule has 1 aromatic rings. The standard InChI is InChI=1S/C13H21N3/c1-12(2)10(13(12,3)4)15-11-14-7-8-16(11)9-5-6-9/h7-10H,5-6H2,1-4H3,(H,14,15). The first-order chi connectivity index (χ1) is 7.44. The molecule has 0 amide bonds. The van der Waals surface area contributed by atoms with Gasteiger partial charge in [-0.1, -0.05) is 27.7 Å². The van der Waals surface area contributed by atoms with E-state index in [4.69, 9.17) is 0 Å². The maximum atomic E-state index is 4.44. The van der Waals surface area contributed by atoms with Gasteiger partial charge in [0, 0.05) is 24.5 Å². The third-order valence-electron chi connectivity index (χ3n) is 4.90. The molecule has 3 nitrogen and oxygen atoms in total. The molecule has 3 heteroatoms. The van der Waals surface area contributed by atoms with Gasteiger partial charge in [-0.05, 0) is 23.7 Å². The van der Waals surface area contributed by atoms with Crippen molar-refractivity contribution < 1.29 is 0 Å². The largest absolute Gasteiger partial charge is 0.352 e. The van der Waals surface area contributed by atoms with Crippen molar-refractivity contribution in [3.63, 3.8) is 0 Å². The van der Waals surface area contributed by atoms with E-state index in [2.05, 4.69) is 48.8 Å². The van der Waals surface area contributed by atoms with E-state index in [0.717, 1.165) is 5.95 Å². The molecule has 16 heavy (non-hydrogen) atoms. The van der Waals surface area contributed by atoms with Crippen molar-refractivity contribution >= 4 is 5.95 Å². The van der Waals surface area contributed by atoms with Crippen molar-refractivity contribution in [1.29, 1.82) is 0 Å². The molecule has 0 spiro atoms. The second-order valence-electron chi connectivity index (χ2n) is 6.41. The number of imidazole rings is 1. The second kappa shape index (κ2) is 2.82. The Hall–Kier alpha value is -0.990. The lowest BCUT2D eigenvalue weighted by Gasteiger charge is -2.10. The van der Waals surface area contributed by atoms with E-state index in [9.17, 15) is 0 Å². The zero-order valence-corrected chi connectivity index (χ0v) is 10.6. The van der Waals surface area contributed by atoms with E-state index in [-0.39, 0.29) is 0 Å². The molecule has 0 atom stereocenters. The lowest BCUT2D eigenvalue weighted by molar-refractivity contribution is 0.457. The first kappa shape index (κ1) is 10.2. The zero-order chi connectivity index (χ0) is 11.6. The summed E-state index contributed by atoms with van der Waals surface area (Å²) in [6.45, 7) is 9.31. The summed E-state index contributed by atoms with van der Waals surface area (Å²) >= 11 is 0. The highest BCUT2D eigenvalue weighted by atomic mass is 15.3. The molecule has 88 valence electrons. The summed E-state index contributed by atoms with van der Waals surface area (Å²) in [6.07, 6.45) is 6.62. The summed E-state index contributed by atoms with van der Waals surface area (Å²) in [5.74, 6) is 1.06. The molecular weight excluding hydrogens is 198 g/mol. The maximum Gasteiger partial charge on any atom is 0.203 e. The highest BCUT2D eigenvalue weighted by Gasteiger charge is 2.65. The molecule has 2 saturated carbocycles. The SMILES string of the molecule is CC1(C)C(Nc2nccn2C2CC2)C1(C)C. The summed E-state index contributed by atoms with van der Waals surface area (Å²) in [7, 11) is 0. The first-order valence-electron chi connectivity index (χ1n) is 6.24. The summed E-state index contributed by atoms with van der Waals surface area (Å²) in [5, 5.41) is 3.62. The lowest BCUT2D eigenvalue weighted by Crippen LogP contribution is -2.14. The number of anilines is 1. The minimum atomic E-state index is 0.368. The normalized spacial score (nSPS) is 26.8. The topological polar surface area (TPSA) is 29.9 Å². The van der Waals surface area contributed by atoms with Crippen molar-refractivity contribution in [3.8, 4) is 0 Å². The number of hydrogen-bond acceptors (Lipinski definition) is 2. The molecule has 1 N–H and O–H groups in total. The summed E-state index contributed by atoms with van der Waals surface area (Å²) in [6, 6.07) is 1.25. The van der Waals surface area contributed by atoms with Crippen LogP contribution in [0.3, 0.4) is 0 Å². The average molecular weight is 219 g/mol. The average Bonchev–Trinajstić information content (AvgIpc) is 3.02. The predicted molar refractivity (Wildman–Crippen MR) is 65.5 cm³/mol. The van der Waals surface area contributed by atoms with Crippen molar-refractivity contribution in [2.24, 2.45) is 10.8 Å². The van der Waals surface area contributed by atoms with Gasteiger partial charge >= 0.3 is 0 Å². The summed E-state index contributed by atoms with van der Waals surface area (Å²) < 4.78 is 2.30. The first-order valence-corrected chi connectivity index (χ1v) is 6.24. The molecule has 0 saturated heterocycles. The molecule has 2 fully saturated rings. The highest BCUT2D eigenvalue weighted by Crippen LogP contribution is 2.63. The van der Waals surface area contributed by atoms with Crippen LogP contribution in [0.5, 0.6) is 0 Å².